The first kappa shape index (κ1) is 47.1. The highest BCUT2D eigenvalue weighted by atomic mass is 33.1. The number of hydrogen-bond acceptors (Lipinski definition) is 7. The van der Waals surface area contributed by atoms with Crippen molar-refractivity contribution in [2.45, 2.75) is 174 Å². The van der Waals surface area contributed by atoms with Crippen molar-refractivity contribution < 1.29 is 19.1 Å². The minimum absolute atomic E-state index is 0.0537. The number of rotatable bonds is 37. The molecule has 5 nitrogen and oxygen atoms in total. The van der Waals surface area contributed by atoms with Crippen LogP contribution in [0.4, 0.5) is 0 Å². The molecule has 0 saturated carbocycles. The van der Waals surface area contributed by atoms with Crippen LogP contribution in [0.2, 0.25) is 0 Å². The standard InChI is InChI=1S/C41H77NO4S2/c1-5-7-9-11-13-21-27-35-45-40(43)32-25-19-15-17-23-30-39(38-48-47-37-29-34-42(3)4)31-24-18-16-20-26-33-41(44)46-36-28-22-14-12-10-8-6-2/h21-22,27-28,39H,5-20,23-26,29-38H2,1-4H3/b27-21-,28-22-. The Kier molecular flexibility index (Phi) is 38.1. The highest BCUT2D eigenvalue weighted by Gasteiger charge is 2.10. The zero-order chi connectivity index (χ0) is 35.2. The van der Waals surface area contributed by atoms with E-state index in [1.807, 2.05) is 22.9 Å². The molecule has 0 saturated heterocycles. The fourth-order valence-corrected chi connectivity index (χ4v) is 8.16. The van der Waals surface area contributed by atoms with E-state index in [1.54, 1.807) is 0 Å². The van der Waals surface area contributed by atoms with Gasteiger partial charge in [0.1, 0.15) is 13.2 Å². The monoisotopic (exact) mass is 712 g/mol. The lowest BCUT2D eigenvalue weighted by Crippen LogP contribution is -2.13. The van der Waals surface area contributed by atoms with Gasteiger partial charge in [0.25, 0.3) is 0 Å². The van der Waals surface area contributed by atoms with Crippen LogP contribution in [0.15, 0.2) is 24.3 Å². The Labute approximate surface area is 306 Å². The number of allylic oxidation sites excluding steroid dienone is 2. The number of carbonyl (C=O) groups excluding carboxylic acids is 2. The summed E-state index contributed by atoms with van der Waals surface area (Å²) in [5.74, 6) is 3.17. The average Bonchev–Trinajstić information content (AvgIpc) is 3.07. The topological polar surface area (TPSA) is 55.8 Å². The highest BCUT2D eigenvalue weighted by molar-refractivity contribution is 8.76. The van der Waals surface area contributed by atoms with Gasteiger partial charge in [-0.3, -0.25) is 9.59 Å². The molecule has 0 N–H and O–H groups in total. The summed E-state index contributed by atoms with van der Waals surface area (Å²) in [5, 5.41) is 0. The van der Waals surface area contributed by atoms with Crippen LogP contribution in [0.1, 0.15) is 174 Å². The van der Waals surface area contributed by atoms with Gasteiger partial charge in [-0.05, 0) is 84.3 Å². The van der Waals surface area contributed by atoms with E-state index in [-0.39, 0.29) is 11.9 Å². The van der Waals surface area contributed by atoms with E-state index in [0.717, 1.165) is 44.4 Å². The number of esters is 2. The van der Waals surface area contributed by atoms with Gasteiger partial charge in [0.15, 0.2) is 0 Å². The summed E-state index contributed by atoms with van der Waals surface area (Å²) in [6, 6.07) is 0. The Morgan fingerprint density at radius 1 is 0.562 bits per heavy atom. The number of carbonyl (C=O) groups is 2. The SMILES string of the molecule is CCCCCC/C=C\COC(=O)CCCCCCCC(CCCCCCCC(=O)OC/C=C\CCCCCC)CSSCCCN(C)C. The maximum Gasteiger partial charge on any atom is 0.306 e. The first-order valence-corrected chi connectivity index (χ1v) is 22.5. The molecule has 0 spiro atoms. The van der Waals surface area contributed by atoms with Crippen LogP contribution in [0.3, 0.4) is 0 Å². The molecule has 0 aromatic carbocycles. The Bertz CT molecular complexity index is 707. The molecule has 0 aromatic rings. The summed E-state index contributed by atoms with van der Waals surface area (Å²) in [5.41, 5.74) is 0. The predicted octanol–water partition coefficient (Wildman–Crippen LogP) is 12.5. The quantitative estimate of drug-likeness (QED) is 0.0275. The van der Waals surface area contributed by atoms with Gasteiger partial charge in [-0.25, -0.2) is 0 Å². The zero-order valence-corrected chi connectivity index (χ0v) is 33.6. The van der Waals surface area contributed by atoms with Crippen molar-refractivity contribution in [1.82, 2.24) is 4.90 Å². The van der Waals surface area contributed by atoms with Crippen LogP contribution in [0, 0.1) is 5.92 Å². The molecule has 0 bridgehead atoms. The van der Waals surface area contributed by atoms with E-state index in [0.29, 0.717) is 26.1 Å². The highest BCUT2D eigenvalue weighted by Crippen LogP contribution is 2.30. The van der Waals surface area contributed by atoms with E-state index in [4.69, 9.17) is 9.47 Å². The van der Waals surface area contributed by atoms with Crippen LogP contribution < -0.4 is 0 Å². The first-order chi connectivity index (χ1) is 23.5. The van der Waals surface area contributed by atoms with Gasteiger partial charge in [0.2, 0.25) is 0 Å². The second-order valence-electron chi connectivity index (χ2n) is 13.7. The first-order valence-electron chi connectivity index (χ1n) is 20.0. The number of ether oxygens (including phenoxy) is 2. The molecule has 282 valence electrons. The molecule has 0 unspecified atom stereocenters. The van der Waals surface area contributed by atoms with Crippen molar-refractivity contribution in [2.75, 3.05) is 45.4 Å². The van der Waals surface area contributed by atoms with Crippen LogP contribution in [0.5, 0.6) is 0 Å². The summed E-state index contributed by atoms with van der Waals surface area (Å²) >= 11 is 0. The van der Waals surface area contributed by atoms with Gasteiger partial charge in [-0.15, -0.1) is 0 Å². The van der Waals surface area contributed by atoms with Crippen molar-refractivity contribution in [3.8, 4) is 0 Å². The fraction of sp³-hybridized carbons (Fsp3) is 0.854. The zero-order valence-electron chi connectivity index (χ0n) is 32.0. The van der Waals surface area contributed by atoms with Crippen LogP contribution in [-0.4, -0.2) is 62.2 Å². The summed E-state index contributed by atoms with van der Waals surface area (Å²) in [6.07, 6.45) is 37.3. The molecule has 0 rings (SSSR count). The van der Waals surface area contributed by atoms with Gasteiger partial charge in [-0.2, -0.15) is 0 Å². The molecule has 0 atom stereocenters. The Morgan fingerprint density at radius 3 is 1.50 bits per heavy atom. The minimum Gasteiger partial charge on any atom is -0.461 e. The van der Waals surface area contributed by atoms with E-state index in [1.165, 1.54) is 127 Å². The maximum absolute atomic E-state index is 12.0. The Hall–Kier alpha value is -0.920. The number of unbranched alkanes of at least 4 members (excludes halogenated alkanes) is 16. The minimum atomic E-state index is -0.0537. The fourth-order valence-electron chi connectivity index (χ4n) is 5.60. The van der Waals surface area contributed by atoms with Crippen molar-refractivity contribution in [2.24, 2.45) is 5.92 Å². The van der Waals surface area contributed by atoms with E-state index < -0.39 is 0 Å². The lowest BCUT2D eigenvalue weighted by molar-refractivity contribution is -0.143. The van der Waals surface area contributed by atoms with Gasteiger partial charge in [0, 0.05) is 24.3 Å². The van der Waals surface area contributed by atoms with E-state index >= 15 is 0 Å². The molecule has 0 aliphatic carbocycles. The van der Waals surface area contributed by atoms with Gasteiger partial charge < -0.3 is 14.4 Å². The third kappa shape index (κ3) is 37.9. The maximum atomic E-state index is 12.0. The van der Waals surface area contributed by atoms with Crippen molar-refractivity contribution in [3.05, 3.63) is 24.3 Å². The van der Waals surface area contributed by atoms with Crippen molar-refractivity contribution in [3.63, 3.8) is 0 Å². The molecule has 0 aromatic heterocycles. The summed E-state index contributed by atoms with van der Waals surface area (Å²) in [4.78, 5) is 26.3. The van der Waals surface area contributed by atoms with Crippen LogP contribution in [-0.2, 0) is 19.1 Å². The molecule has 0 amide bonds. The lowest BCUT2D eigenvalue weighted by atomic mass is 9.95. The molecular formula is C41H77NO4S2. The Morgan fingerprint density at radius 2 is 1.02 bits per heavy atom. The molecule has 48 heavy (non-hydrogen) atoms. The van der Waals surface area contributed by atoms with E-state index in [2.05, 4.69) is 55.8 Å². The molecular weight excluding hydrogens is 635 g/mol. The summed E-state index contributed by atoms with van der Waals surface area (Å²) < 4.78 is 10.7. The van der Waals surface area contributed by atoms with Gasteiger partial charge >= 0.3 is 11.9 Å². The lowest BCUT2D eigenvalue weighted by Gasteiger charge is -2.16. The molecule has 0 heterocycles. The van der Waals surface area contributed by atoms with Crippen molar-refractivity contribution >= 4 is 33.5 Å². The number of hydrogen-bond donors (Lipinski definition) is 0. The second-order valence-corrected chi connectivity index (χ2v) is 16.4. The summed E-state index contributed by atoms with van der Waals surface area (Å²) in [7, 11) is 8.42. The van der Waals surface area contributed by atoms with Crippen LogP contribution >= 0.6 is 21.6 Å². The van der Waals surface area contributed by atoms with Crippen molar-refractivity contribution in [1.29, 1.82) is 0 Å². The normalized spacial score (nSPS) is 11.9. The molecule has 0 aliphatic heterocycles. The predicted molar refractivity (Wildman–Crippen MR) is 214 cm³/mol. The average molecular weight is 712 g/mol. The number of nitrogens with zero attached hydrogens (tertiary/aromatic N) is 1. The molecule has 7 heteroatoms. The second kappa shape index (κ2) is 38.9. The summed E-state index contributed by atoms with van der Waals surface area (Å²) in [6.45, 7) is 6.47. The smallest absolute Gasteiger partial charge is 0.306 e. The molecule has 0 fully saturated rings. The molecule has 0 aliphatic rings. The van der Waals surface area contributed by atoms with E-state index in [9.17, 15) is 9.59 Å². The Balaban J connectivity index is 4.03. The third-order valence-electron chi connectivity index (χ3n) is 8.67. The van der Waals surface area contributed by atoms with Crippen LogP contribution in [0.25, 0.3) is 0 Å². The van der Waals surface area contributed by atoms with Gasteiger partial charge in [0.05, 0.1) is 0 Å². The third-order valence-corrected chi connectivity index (χ3v) is 11.3. The van der Waals surface area contributed by atoms with Gasteiger partial charge in [-0.1, -0.05) is 150 Å². The largest absolute Gasteiger partial charge is 0.461 e. The molecule has 0 radical (unpaired) electrons.